The zero-order valence-electron chi connectivity index (χ0n) is 29.1. The summed E-state index contributed by atoms with van der Waals surface area (Å²) in [5.74, 6) is 0. The van der Waals surface area contributed by atoms with E-state index in [0.29, 0.717) is 0 Å². The van der Waals surface area contributed by atoms with Crippen molar-refractivity contribution in [2.75, 3.05) is 0 Å². The van der Waals surface area contributed by atoms with Crippen LogP contribution < -0.4 is 0 Å². The van der Waals surface area contributed by atoms with Gasteiger partial charge in [0.05, 0.1) is 0 Å². The number of benzene rings is 10. The molecule has 12 rings (SSSR count). The summed E-state index contributed by atoms with van der Waals surface area (Å²) in [6.45, 7) is 0. The molecule has 0 saturated heterocycles. The minimum absolute atomic E-state index is 0.877. The molecule has 0 saturated carbocycles. The molecule has 0 bridgehead atoms. The van der Waals surface area contributed by atoms with E-state index in [-0.39, 0.29) is 0 Å². The van der Waals surface area contributed by atoms with Crippen molar-refractivity contribution in [2.24, 2.45) is 0 Å². The Morgan fingerprint density at radius 1 is 0.241 bits per heavy atom. The first-order valence-corrected chi connectivity index (χ1v) is 18.5. The van der Waals surface area contributed by atoms with Gasteiger partial charge in [0.2, 0.25) is 0 Å². The molecule has 2 nitrogen and oxygen atoms in total. The molecule has 0 aliphatic rings. The molecule has 0 atom stereocenters. The lowest BCUT2D eigenvalue weighted by Gasteiger charge is -2.18. The van der Waals surface area contributed by atoms with Crippen LogP contribution >= 0.6 is 0 Å². The van der Waals surface area contributed by atoms with Crippen molar-refractivity contribution in [1.82, 2.24) is 0 Å². The molecule has 2 heterocycles. The molecule has 2 heteroatoms. The molecule has 0 aliphatic carbocycles. The van der Waals surface area contributed by atoms with Gasteiger partial charge >= 0.3 is 0 Å². The highest BCUT2D eigenvalue weighted by molar-refractivity contribution is 6.22. The summed E-state index contributed by atoms with van der Waals surface area (Å²) < 4.78 is 12.9. The lowest BCUT2D eigenvalue weighted by Crippen LogP contribution is -1.91. The molecule has 10 aromatic carbocycles. The largest absolute Gasteiger partial charge is 0.456 e. The second kappa shape index (κ2) is 11.2. The standard InChI is InChI=1S/C52H30O2/c1-2-11-32-26-37(21-20-31(32)10-1)51-41-17-5-3-15-39(41)50(40-16-4-6-18-42(40)51)36-13-9-12-33(27-36)34-23-25-48-45(28-34)46-30-44-35(29-49(46)53-48)22-24-43-38-14-7-8-19-47(38)54-52(43)44/h1-30H. The third-order valence-corrected chi connectivity index (χ3v) is 11.4. The van der Waals surface area contributed by atoms with Gasteiger partial charge in [-0.25, -0.2) is 0 Å². The van der Waals surface area contributed by atoms with E-state index in [4.69, 9.17) is 8.83 Å². The fraction of sp³-hybridized carbons (Fsp3) is 0. The van der Waals surface area contributed by atoms with Crippen molar-refractivity contribution in [3.63, 3.8) is 0 Å². The zero-order valence-corrected chi connectivity index (χ0v) is 29.1. The molecular weight excluding hydrogens is 657 g/mol. The highest BCUT2D eigenvalue weighted by atomic mass is 16.3. The molecule has 0 aliphatic heterocycles. The van der Waals surface area contributed by atoms with Gasteiger partial charge < -0.3 is 8.83 Å². The average molecular weight is 687 g/mol. The Morgan fingerprint density at radius 2 is 0.815 bits per heavy atom. The maximum Gasteiger partial charge on any atom is 0.143 e. The summed E-state index contributed by atoms with van der Waals surface area (Å²) in [5, 5.41) is 14.2. The van der Waals surface area contributed by atoms with Gasteiger partial charge in [-0.1, -0.05) is 133 Å². The molecular formula is C52H30O2. The number of rotatable bonds is 3. The van der Waals surface area contributed by atoms with Crippen LogP contribution in [0.5, 0.6) is 0 Å². The van der Waals surface area contributed by atoms with Crippen molar-refractivity contribution in [2.45, 2.75) is 0 Å². The van der Waals surface area contributed by atoms with E-state index in [9.17, 15) is 0 Å². The average Bonchev–Trinajstić information content (AvgIpc) is 3.79. The molecule has 0 amide bonds. The lowest BCUT2D eigenvalue weighted by atomic mass is 9.85. The normalized spacial score (nSPS) is 12.1. The minimum atomic E-state index is 0.877. The van der Waals surface area contributed by atoms with Crippen molar-refractivity contribution in [3.05, 3.63) is 182 Å². The minimum Gasteiger partial charge on any atom is -0.456 e. The van der Waals surface area contributed by atoms with Crippen molar-refractivity contribution in [1.29, 1.82) is 0 Å². The van der Waals surface area contributed by atoms with Crippen LogP contribution in [0.4, 0.5) is 0 Å². The Labute approximate surface area is 310 Å². The maximum atomic E-state index is 6.45. The predicted molar refractivity (Wildman–Crippen MR) is 227 cm³/mol. The lowest BCUT2D eigenvalue weighted by molar-refractivity contribution is 0.669. The molecule has 12 aromatic rings. The summed E-state index contributed by atoms with van der Waals surface area (Å²) >= 11 is 0. The molecule has 250 valence electrons. The summed E-state index contributed by atoms with van der Waals surface area (Å²) in [6.07, 6.45) is 0. The number of para-hydroxylation sites is 1. The first-order chi connectivity index (χ1) is 26.7. The van der Waals surface area contributed by atoms with Gasteiger partial charge in [0.15, 0.2) is 0 Å². The van der Waals surface area contributed by atoms with Gasteiger partial charge in [0, 0.05) is 26.9 Å². The van der Waals surface area contributed by atoms with E-state index in [2.05, 4.69) is 170 Å². The quantitative estimate of drug-likeness (QED) is 0.173. The van der Waals surface area contributed by atoms with Crippen LogP contribution in [0.2, 0.25) is 0 Å². The third-order valence-electron chi connectivity index (χ3n) is 11.4. The molecule has 2 aromatic heterocycles. The van der Waals surface area contributed by atoms with Crippen LogP contribution in [0.25, 0.3) is 120 Å². The Morgan fingerprint density at radius 3 is 1.59 bits per heavy atom. The zero-order chi connectivity index (χ0) is 35.3. The van der Waals surface area contributed by atoms with Crippen LogP contribution in [0.1, 0.15) is 0 Å². The number of hydrogen-bond acceptors (Lipinski definition) is 2. The van der Waals surface area contributed by atoms with Gasteiger partial charge in [-0.2, -0.15) is 0 Å². The molecule has 0 unspecified atom stereocenters. The Hall–Kier alpha value is -7.16. The molecule has 0 fully saturated rings. The second-order valence-corrected chi connectivity index (χ2v) is 14.4. The summed E-state index contributed by atoms with van der Waals surface area (Å²) in [4.78, 5) is 0. The van der Waals surface area contributed by atoms with Crippen LogP contribution in [0, 0.1) is 0 Å². The van der Waals surface area contributed by atoms with Crippen molar-refractivity contribution >= 4 is 87.0 Å². The Bertz CT molecular complexity index is 3450. The molecule has 54 heavy (non-hydrogen) atoms. The summed E-state index contributed by atoms with van der Waals surface area (Å²) in [7, 11) is 0. The fourth-order valence-electron chi connectivity index (χ4n) is 8.91. The molecule has 0 radical (unpaired) electrons. The smallest absolute Gasteiger partial charge is 0.143 e. The van der Waals surface area contributed by atoms with Gasteiger partial charge in [-0.15, -0.1) is 0 Å². The van der Waals surface area contributed by atoms with Crippen LogP contribution in [0.3, 0.4) is 0 Å². The SMILES string of the molecule is c1cc(-c2ccc3oc4cc5ccc6c7ccccc7oc6c5cc4c3c2)cc(-c2c3ccccc3c(-c3ccc4ccccc4c3)c3ccccc23)c1. The van der Waals surface area contributed by atoms with E-state index in [1.165, 1.54) is 54.6 Å². The van der Waals surface area contributed by atoms with Crippen LogP contribution in [-0.2, 0) is 0 Å². The Balaban J connectivity index is 1.04. The maximum absolute atomic E-state index is 6.45. The highest BCUT2D eigenvalue weighted by Crippen LogP contribution is 2.45. The van der Waals surface area contributed by atoms with Crippen molar-refractivity contribution in [3.8, 4) is 33.4 Å². The van der Waals surface area contributed by atoms with Crippen molar-refractivity contribution < 1.29 is 8.83 Å². The second-order valence-electron chi connectivity index (χ2n) is 14.4. The Kier molecular flexibility index (Phi) is 6.09. The monoisotopic (exact) mass is 686 g/mol. The first-order valence-electron chi connectivity index (χ1n) is 18.5. The van der Waals surface area contributed by atoms with E-state index in [1.54, 1.807) is 0 Å². The van der Waals surface area contributed by atoms with E-state index in [1.807, 2.05) is 12.1 Å². The number of fused-ring (bicyclic) bond motifs is 11. The molecule has 0 spiro atoms. The van der Waals surface area contributed by atoms with E-state index in [0.717, 1.165) is 65.8 Å². The summed E-state index contributed by atoms with van der Waals surface area (Å²) in [6, 6.07) is 65.8. The summed E-state index contributed by atoms with van der Waals surface area (Å²) in [5.41, 5.74) is 10.8. The topological polar surface area (TPSA) is 26.3 Å². The van der Waals surface area contributed by atoms with E-state index < -0.39 is 0 Å². The van der Waals surface area contributed by atoms with Gasteiger partial charge in [0.1, 0.15) is 22.3 Å². The molecule has 0 N–H and O–H groups in total. The predicted octanol–water partition coefficient (Wildman–Crippen LogP) is 15.1. The van der Waals surface area contributed by atoms with Crippen LogP contribution in [0.15, 0.2) is 191 Å². The van der Waals surface area contributed by atoms with E-state index >= 15 is 0 Å². The first kappa shape index (κ1) is 29.4. The fourth-order valence-corrected chi connectivity index (χ4v) is 8.91. The highest BCUT2D eigenvalue weighted by Gasteiger charge is 2.18. The number of furan rings is 2. The third kappa shape index (κ3) is 4.28. The van der Waals surface area contributed by atoms with Gasteiger partial charge in [-0.05, 0) is 120 Å². The van der Waals surface area contributed by atoms with Gasteiger partial charge in [0.25, 0.3) is 0 Å². The van der Waals surface area contributed by atoms with Gasteiger partial charge in [-0.3, -0.25) is 0 Å². The number of hydrogen-bond donors (Lipinski definition) is 0. The van der Waals surface area contributed by atoms with Crippen LogP contribution in [-0.4, -0.2) is 0 Å².